The van der Waals surface area contributed by atoms with Gasteiger partial charge in [-0.3, -0.25) is 10.2 Å². The molecule has 112 valence electrons. The third kappa shape index (κ3) is 7.38. The minimum absolute atomic E-state index is 0.366. The Morgan fingerprint density at radius 1 is 1.21 bits per heavy atom. The van der Waals surface area contributed by atoms with Crippen molar-refractivity contribution in [3.05, 3.63) is 0 Å². The van der Waals surface area contributed by atoms with Crippen molar-refractivity contribution in [2.75, 3.05) is 26.2 Å². The summed E-state index contributed by atoms with van der Waals surface area (Å²) in [4.78, 5) is 1.36. The molecule has 0 radical (unpaired) electrons. The van der Waals surface area contributed by atoms with E-state index in [0.717, 1.165) is 0 Å². The molecule has 1 atom stereocenters. The summed E-state index contributed by atoms with van der Waals surface area (Å²) in [7, 11) is 0. The molecule has 1 N–H and O–H groups in total. The summed E-state index contributed by atoms with van der Waals surface area (Å²) in [6, 6.07) is 2.25. The zero-order valence-electron chi connectivity index (χ0n) is 12.0. The number of nitrogens with one attached hydrogen (secondary N) is 1. The van der Waals surface area contributed by atoms with Gasteiger partial charge in [-0.05, 0) is 38.9 Å². The van der Waals surface area contributed by atoms with Gasteiger partial charge in [-0.25, -0.2) is 0 Å². The number of halogens is 3. The van der Waals surface area contributed by atoms with Crippen molar-refractivity contribution in [3.63, 3.8) is 0 Å². The molecule has 0 aromatic heterocycles. The number of alkyl halides is 3. The van der Waals surface area contributed by atoms with Crippen molar-refractivity contribution in [1.29, 1.82) is 5.26 Å². The summed E-state index contributed by atoms with van der Waals surface area (Å²) >= 11 is 0. The highest BCUT2D eigenvalue weighted by molar-refractivity contribution is 5.05. The van der Waals surface area contributed by atoms with Crippen molar-refractivity contribution >= 4 is 0 Å². The molecule has 0 aliphatic rings. The predicted molar refractivity (Wildman–Crippen MR) is 69.7 cm³/mol. The predicted octanol–water partition coefficient (Wildman–Crippen LogP) is 2.93. The van der Waals surface area contributed by atoms with E-state index >= 15 is 0 Å². The van der Waals surface area contributed by atoms with Gasteiger partial charge in [-0.15, -0.1) is 0 Å². The molecule has 3 nitrogen and oxygen atoms in total. The Hall–Kier alpha value is -0.800. The molecule has 1 unspecified atom stereocenters. The second-order valence-corrected chi connectivity index (χ2v) is 4.67. The first-order chi connectivity index (χ1) is 8.82. The topological polar surface area (TPSA) is 39.1 Å². The van der Waals surface area contributed by atoms with E-state index in [0.29, 0.717) is 38.9 Å². The Balaban J connectivity index is 4.27. The van der Waals surface area contributed by atoms with Gasteiger partial charge in [-0.2, -0.15) is 18.4 Å². The molecule has 0 heterocycles. The lowest BCUT2D eigenvalue weighted by Gasteiger charge is -2.28. The van der Waals surface area contributed by atoms with Gasteiger partial charge in [0.25, 0.3) is 0 Å². The Bertz CT molecular complexity index is 286. The van der Waals surface area contributed by atoms with Crippen LogP contribution in [0.3, 0.4) is 0 Å². The first kappa shape index (κ1) is 18.2. The zero-order valence-corrected chi connectivity index (χ0v) is 12.0. The van der Waals surface area contributed by atoms with Gasteiger partial charge in [0.1, 0.15) is 5.54 Å². The second-order valence-electron chi connectivity index (χ2n) is 4.67. The van der Waals surface area contributed by atoms with Crippen LogP contribution in [0.1, 0.15) is 40.0 Å². The normalized spacial score (nSPS) is 15.3. The summed E-state index contributed by atoms with van der Waals surface area (Å²) in [5.74, 6) is 0. The van der Waals surface area contributed by atoms with Crippen LogP contribution >= 0.6 is 0 Å². The minimum Gasteiger partial charge on any atom is -0.300 e. The Morgan fingerprint density at radius 2 is 1.84 bits per heavy atom. The highest BCUT2D eigenvalue weighted by Gasteiger charge is 2.31. The van der Waals surface area contributed by atoms with Gasteiger partial charge in [0, 0.05) is 0 Å². The highest BCUT2D eigenvalue weighted by Crippen LogP contribution is 2.19. The quantitative estimate of drug-likeness (QED) is 0.705. The van der Waals surface area contributed by atoms with Crippen molar-refractivity contribution in [2.45, 2.75) is 51.7 Å². The smallest absolute Gasteiger partial charge is 0.300 e. The van der Waals surface area contributed by atoms with Crippen molar-refractivity contribution in [3.8, 4) is 6.07 Å². The molecule has 0 aromatic carbocycles. The molecular formula is C13H24F3N3. The van der Waals surface area contributed by atoms with E-state index in [1.165, 1.54) is 4.90 Å². The molecule has 0 aliphatic carbocycles. The average molecular weight is 279 g/mol. The van der Waals surface area contributed by atoms with Crippen LogP contribution in [0.4, 0.5) is 13.2 Å². The summed E-state index contributed by atoms with van der Waals surface area (Å²) in [6.45, 7) is 6.09. The first-order valence-electron chi connectivity index (χ1n) is 6.77. The largest absolute Gasteiger partial charge is 0.401 e. The summed E-state index contributed by atoms with van der Waals surface area (Å²) in [5.41, 5.74) is -0.605. The van der Waals surface area contributed by atoms with Crippen LogP contribution in [0.2, 0.25) is 0 Å². The molecule has 0 saturated carbocycles. The monoisotopic (exact) mass is 279 g/mol. The third-order valence-corrected chi connectivity index (χ3v) is 3.26. The maximum absolute atomic E-state index is 12.3. The zero-order chi connectivity index (χ0) is 14.9. The maximum Gasteiger partial charge on any atom is 0.401 e. The third-order valence-electron chi connectivity index (χ3n) is 3.26. The van der Waals surface area contributed by atoms with E-state index in [1.54, 1.807) is 6.92 Å². The van der Waals surface area contributed by atoms with Gasteiger partial charge in [0.15, 0.2) is 0 Å². The van der Waals surface area contributed by atoms with E-state index < -0.39 is 18.3 Å². The SMILES string of the molecule is CCNC(C#N)(CC)CCCN(CC)CC(F)(F)F. The molecule has 0 rings (SSSR count). The van der Waals surface area contributed by atoms with E-state index in [9.17, 15) is 18.4 Å². The van der Waals surface area contributed by atoms with Crippen LogP contribution < -0.4 is 5.32 Å². The number of hydrogen-bond donors (Lipinski definition) is 1. The maximum atomic E-state index is 12.3. The molecule has 0 amide bonds. The molecule has 0 aromatic rings. The fourth-order valence-corrected chi connectivity index (χ4v) is 2.11. The average Bonchev–Trinajstić information content (AvgIpc) is 2.35. The Morgan fingerprint density at radius 3 is 2.21 bits per heavy atom. The van der Waals surface area contributed by atoms with E-state index in [-0.39, 0.29) is 0 Å². The van der Waals surface area contributed by atoms with Gasteiger partial charge in [0.2, 0.25) is 0 Å². The summed E-state index contributed by atoms with van der Waals surface area (Å²) in [6.07, 6.45) is -2.35. The van der Waals surface area contributed by atoms with E-state index in [4.69, 9.17) is 0 Å². The number of nitrogens with zero attached hydrogens (tertiary/aromatic N) is 2. The number of nitriles is 1. The van der Waals surface area contributed by atoms with E-state index in [2.05, 4.69) is 11.4 Å². The fourth-order valence-electron chi connectivity index (χ4n) is 2.11. The van der Waals surface area contributed by atoms with Crippen LogP contribution in [0.5, 0.6) is 0 Å². The molecular weight excluding hydrogens is 255 g/mol. The lowest BCUT2D eigenvalue weighted by molar-refractivity contribution is -0.145. The van der Waals surface area contributed by atoms with Crippen molar-refractivity contribution in [1.82, 2.24) is 10.2 Å². The lowest BCUT2D eigenvalue weighted by Crippen LogP contribution is -2.44. The summed E-state index contributed by atoms with van der Waals surface area (Å²) < 4.78 is 36.9. The standard InChI is InChI=1S/C13H24F3N3/c1-4-12(10-17,18-5-2)8-7-9-19(6-3)11-13(14,15)16/h18H,4-9,11H2,1-3H3. The first-order valence-corrected chi connectivity index (χ1v) is 6.77. The number of hydrogen-bond acceptors (Lipinski definition) is 3. The van der Waals surface area contributed by atoms with Crippen LogP contribution in [0.15, 0.2) is 0 Å². The van der Waals surface area contributed by atoms with Crippen LogP contribution in [0.25, 0.3) is 0 Å². The second kappa shape index (κ2) is 8.39. The number of rotatable bonds is 9. The Kier molecular flexibility index (Phi) is 8.03. The molecule has 0 aliphatic heterocycles. The van der Waals surface area contributed by atoms with Gasteiger partial charge >= 0.3 is 6.18 Å². The van der Waals surface area contributed by atoms with Crippen molar-refractivity contribution in [2.24, 2.45) is 0 Å². The van der Waals surface area contributed by atoms with Crippen LogP contribution in [-0.2, 0) is 0 Å². The van der Waals surface area contributed by atoms with Crippen LogP contribution in [-0.4, -0.2) is 42.8 Å². The Labute approximate surface area is 113 Å². The molecule has 0 fully saturated rings. The molecule has 19 heavy (non-hydrogen) atoms. The highest BCUT2D eigenvalue weighted by atomic mass is 19.4. The molecule has 0 saturated heterocycles. The molecule has 0 bridgehead atoms. The molecule has 0 spiro atoms. The van der Waals surface area contributed by atoms with E-state index in [1.807, 2.05) is 13.8 Å². The fraction of sp³-hybridized carbons (Fsp3) is 0.923. The van der Waals surface area contributed by atoms with Crippen LogP contribution in [0, 0.1) is 11.3 Å². The minimum atomic E-state index is -4.16. The molecule has 6 heteroatoms. The summed E-state index contributed by atoms with van der Waals surface area (Å²) in [5, 5.41) is 12.3. The van der Waals surface area contributed by atoms with Gasteiger partial charge in [-0.1, -0.05) is 20.8 Å². The lowest BCUT2D eigenvalue weighted by atomic mass is 9.92. The van der Waals surface area contributed by atoms with Crippen molar-refractivity contribution < 1.29 is 13.2 Å². The van der Waals surface area contributed by atoms with Gasteiger partial charge in [0.05, 0.1) is 12.6 Å². The van der Waals surface area contributed by atoms with Gasteiger partial charge < -0.3 is 0 Å².